The minimum Gasteiger partial charge on any atom is -0.379 e. The Hall–Kier alpha value is 0.0700. The highest BCUT2D eigenvalue weighted by Gasteiger charge is 2.45. The number of hydrogen-bond acceptors (Lipinski definition) is 8. The quantitative estimate of drug-likeness (QED) is 0.566. The molecule has 0 aromatic carbocycles. The maximum Gasteiger partial charge on any atom is 0.136 e. The van der Waals surface area contributed by atoms with Gasteiger partial charge >= 0.3 is 0 Å². The topological polar surface area (TPSA) is 69.8 Å². The van der Waals surface area contributed by atoms with Crippen LogP contribution in [0.25, 0.3) is 0 Å². The molecule has 0 radical (unpaired) electrons. The van der Waals surface area contributed by atoms with Gasteiger partial charge in [0.2, 0.25) is 0 Å². The number of nitrogens with one attached hydrogen (secondary N) is 4. The fourth-order valence-electron chi connectivity index (χ4n) is 4.86. The van der Waals surface area contributed by atoms with E-state index in [1.807, 2.05) is 18.9 Å². The smallest absolute Gasteiger partial charge is 0.136 e. The second kappa shape index (κ2) is 8.39. The van der Waals surface area contributed by atoms with Crippen LogP contribution in [0.3, 0.4) is 0 Å². The summed E-state index contributed by atoms with van der Waals surface area (Å²) in [6.45, 7) is 2.27. The van der Waals surface area contributed by atoms with Crippen molar-refractivity contribution in [2.45, 2.75) is 67.8 Å². The van der Waals surface area contributed by atoms with Crippen LogP contribution in [0.4, 0.5) is 0 Å². The van der Waals surface area contributed by atoms with Crippen molar-refractivity contribution in [2.75, 3.05) is 27.3 Å². The zero-order valence-electron chi connectivity index (χ0n) is 15.4. The molecule has 4 fully saturated rings. The molecule has 7 atom stereocenters. The molecule has 3 aliphatic heterocycles. The minimum absolute atomic E-state index is 0.246. The van der Waals surface area contributed by atoms with E-state index in [4.69, 9.17) is 9.47 Å². The summed E-state index contributed by atoms with van der Waals surface area (Å²) in [5.41, 5.74) is 11.1. The molecule has 7 nitrogen and oxygen atoms in total. The van der Waals surface area contributed by atoms with E-state index in [2.05, 4.69) is 26.6 Å². The Kier molecular flexibility index (Phi) is 6.19. The third-order valence-corrected chi connectivity index (χ3v) is 7.50. The van der Waals surface area contributed by atoms with Gasteiger partial charge in [-0.2, -0.15) is 5.01 Å². The van der Waals surface area contributed by atoms with E-state index in [1.54, 1.807) is 7.11 Å². The van der Waals surface area contributed by atoms with E-state index >= 15 is 0 Å². The van der Waals surface area contributed by atoms with Crippen molar-refractivity contribution in [3.8, 4) is 0 Å². The molecule has 0 aromatic rings. The maximum absolute atomic E-state index is 5.67. The molecule has 4 aliphatic rings. The van der Waals surface area contributed by atoms with Crippen molar-refractivity contribution in [2.24, 2.45) is 11.8 Å². The highest BCUT2D eigenvalue weighted by Crippen LogP contribution is 2.38. The summed E-state index contributed by atoms with van der Waals surface area (Å²) in [4.78, 5) is 0. The van der Waals surface area contributed by atoms with E-state index in [-0.39, 0.29) is 12.2 Å². The number of hydrogen-bond donors (Lipinski definition) is 4. The van der Waals surface area contributed by atoms with Gasteiger partial charge in [0.25, 0.3) is 0 Å². The van der Waals surface area contributed by atoms with Crippen LogP contribution in [0.1, 0.15) is 38.5 Å². The zero-order chi connectivity index (χ0) is 17.2. The van der Waals surface area contributed by atoms with Crippen molar-refractivity contribution >= 4 is 11.8 Å². The fourth-order valence-corrected chi connectivity index (χ4v) is 6.20. The first kappa shape index (κ1) is 18.4. The van der Waals surface area contributed by atoms with E-state index in [1.165, 1.54) is 25.7 Å². The lowest BCUT2D eigenvalue weighted by Crippen LogP contribution is -2.53. The third kappa shape index (κ3) is 4.01. The molecule has 8 heteroatoms. The number of nitrogens with zero attached hydrogens (tertiary/aromatic N) is 1. The summed E-state index contributed by atoms with van der Waals surface area (Å²) in [6, 6.07) is 0. The molecule has 0 spiro atoms. The molecule has 0 aromatic heterocycles. The number of hydrazine groups is 2. The molecule has 144 valence electrons. The van der Waals surface area contributed by atoms with E-state index < -0.39 is 0 Å². The molecule has 1 aliphatic carbocycles. The lowest BCUT2D eigenvalue weighted by molar-refractivity contribution is -0.0716. The van der Waals surface area contributed by atoms with Gasteiger partial charge in [0, 0.05) is 26.7 Å². The lowest BCUT2D eigenvalue weighted by atomic mass is 9.83. The predicted molar refractivity (Wildman–Crippen MR) is 99.3 cm³/mol. The SMILES string of the molecule is COC1CCC(CC2NN3C(NNC3C3CCCNC3)S2)CC1OC. The number of piperidine rings is 1. The Bertz CT molecular complexity index is 437. The zero-order valence-corrected chi connectivity index (χ0v) is 16.2. The van der Waals surface area contributed by atoms with E-state index in [0.29, 0.717) is 28.9 Å². The van der Waals surface area contributed by atoms with Crippen LogP contribution in [0, 0.1) is 11.8 Å². The molecule has 4 N–H and O–H groups in total. The van der Waals surface area contributed by atoms with Gasteiger partial charge in [0.1, 0.15) is 5.50 Å². The molecule has 25 heavy (non-hydrogen) atoms. The van der Waals surface area contributed by atoms with Gasteiger partial charge in [0.15, 0.2) is 0 Å². The summed E-state index contributed by atoms with van der Waals surface area (Å²) in [7, 11) is 3.62. The van der Waals surface area contributed by atoms with Gasteiger partial charge in [0.05, 0.1) is 23.7 Å². The van der Waals surface area contributed by atoms with Gasteiger partial charge < -0.3 is 14.8 Å². The van der Waals surface area contributed by atoms with E-state index in [9.17, 15) is 0 Å². The molecular formula is C17H33N5O2S. The summed E-state index contributed by atoms with van der Waals surface area (Å²) in [5, 5.41) is 6.44. The Morgan fingerprint density at radius 3 is 2.72 bits per heavy atom. The highest BCUT2D eigenvalue weighted by molar-refractivity contribution is 8.00. The van der Waals surface area contributed by atoms with Crippen molar-refractivity contribution in [3.63, 3.8) is 0 Å². The summed E-state index contributed by atoms with van der Waals surface area (Å²) >= 11 is 2.01. The summed E-state index contributed by atoms with van der Waals surface area (Å²) < 4.78 is 11.2. The number of rotatable bonds is 5. The molecule has 4 rings (SSSR count). The van der Waals surface area contributed by atoms with Crippen molar-refractivity contribution in [3.05, 3.63) is 0 Å². The monoisotopic (exact) mass is 371 g/mol. The van der Waals surface area contributed by atoms with Crippen molar-refractivity contribution in [1.82, 2.24) is 26.6 Å². The Morgan fingerprint density at radius 1 is 1.08 bits per heavy atom. The fraction of sp³-hybridized carbons (Fsp3) is 1.00. The van der Waals surface area contributed by atoms with Gasteiger partial charge in [-0.3, -0.25) is 0 Å². The minimum atomic E-state index is 0.246. The largest absolute Gasteiger partial charge is 0.379 e. The van der Waals surface area contributed by atoms with Gasteiger partial charge in [-0.15, -0.1) is 11.8 Å². The Morgan fingerprint density at radius 2 is 1.96 bits per heavy atom. The number of methoxy groups -OCH3 is 2. The van der Waals surface area contributed by atoms with Crippen LogP contribution >= 0.6 is 11.8 Å². The van der Waals surface area contributed by atoms with Crippen molar-refractivity contribution < 1.29 is 9.47 Å². The average Bonchev–Trinajstić information content (AvgIpc) is 3.22. The number of ether oxygens (including phenoxy) is 2. The summed E-state index contributed by atoms with van der Waals surface area (Å²) in [6.07, 6.45) is 8.13. The second-order valence-corrected chi connectivity index (χ2v) is 9.10. The lowest BCUT2D eigenvalue weighted by Gasteiger charge is -2.36. The first-order valence-corrected chi connectivity index (χ1v) is 10.7. The first-order chi connectivity index (χ1) is 12.3. The van der Waals surface area contributed by atoms with Crippen LogP contribution in [-0.4, -0.2) is 61.6 Å². The standard InChI is InChI=1S/C17H33N5O2S/c1-23-13-6-5-11(8-14(13)24-2)9-15-21-22-16(19-20-17(22)25-15)12-4-3-7-18-10-12/h11-21H,3-10H2,1-2H3. The second-order valence-electron chi connectivity index (χ2n) is 7.82. The third-order valence-electron chi connectivity index (χ3n) is 6.27. The molecule has 0 amide bonds. The Labute approximate surface area is 155 Å². The first-order valence-electron chi connectivity index (χ1n) is 9.76. The molecule has 3 saturated heterocycles. The molecule has 0 bridgehead atoms. The maximum atomic E-state index is 5.67. The molecule has 3 heterocycles. The highest BCUT2D eigenvalue weighted by atomic mass is 32.2. The summed E-state index contributed by atoms with van der Waals surface area (Å²) in [5.74, 6) is 1.37. The van der Waals surface area contributed by atoms with Gasteiger partial charge in [-0.05, 0) is 51.0 Å². The van der Waals surface area contributed by atoms with Gasteiger partial charge in [-0.25, -0.2) is 16.3 Å². The molecule has 7 unspecified atom stereocenters. The molecular weight excluding hydrogens is 338 g/mol. The molecule has 1 saturated carbocycles. The normalized spacial score (nSPS) is 45.6. The Balaban J connectivity index is 1.29. The number of thioether (sulfide) groups is 1. The predicted octanol–water partition coefficient (Wildman–Crippen LogP) is 0.803. The van der Waals surface area contributed by atoms with Crippen LogP contribution in [0.2, 0.25) is 0 Å². The van der Waals surface area contributed by atoms with Crippen LogP contribution in [-0.2, 0) is 9.47 Å². The average molecular weight is 372 g/mol. The van der Waals surface area contributed by atoms with Crippen LogP contribution in [0.5, 0.6) is 0 Å². The van der Waals surface area contributed by atoms with Gasteiger partial charge in [-0.1, -0.05) is 0 Å². The van der Waals surface area contributed by atoms with Crippen LogP contribution < -0.4 is 21.6 Å². The van der Waals surface area contributed by atoms with E-state index in [0.717, 1.165) is 25.9 Å². The number of fused-ring (bicyclic) bond motifs is 1. The van der Waals surface area contributed by atoms with Crippen molar-refractivity contribution in [1.29, 1.82) is 0 Å². The van der Waals surface area contributed by atoms with Crippen LogP contribution in [0.15, 0.2) is 0 Å².